The maximum Gasteiger partial charge on any atom is 0.419 e. The first-order chi connectivity index (χ1) is 9.95. The molecule has 2 rings (SSSR count). The van der Waals surface area contributed by atoms with Gasteiger partial charge in [0.1, 0.15) is 0 Å². The van der Waals surface area contributed by atoms with Crippen molar-refractivity contribution in [3.63, 3.8) is 0 Å². The molecule has 6 nitrogen and oxygen atoms in total. The van der Waals surface area contributed by atoms with Crippen molar-refractivity contribution in [2.24, 2.45) is 0 Å². The highest BCUT2D eigenvalue weighted by atomic mass is 19.4. The van der Waals surface area contributed by atoms with Crippen molar-refractivity contribution in [2.45, 2.75) is 6.18 Å². The van der Waals surface area contributed by atoms with E-state index in [-0.39, 0.29) is 11.6 Å². The molecule has 1 aliphatic heterocycles. The van der Waals surface area contributed by atoms with E-state index < -0.39 is 11.7 Å². The highest BCUT2D eigenvalue weighted by Crippen LogP contribution is 2.28. The van der Waals surface area contributed by atoms with Gasteiger partial charge in [0.15, 0.2) is 17.9 Å². The standard InChI is InChI=1S/C12H11F3N4O2/c13-12(14,15)9-5-16-11(17-6-9)19-3-1-18(2-4-19)10(7-20)8-21/h5-7H,1-4H2. The molecule has 0 radical (unpaired) electrons. The molecular formula is C12H11F3N4O2. The van der Waals surface area contributed by atoms with Crippen molar-refractivity contribution < 1.29 is 22.8 Å². The van der Waals surface area contributed by atoms with Crippen LogP contribution in [-0.4, -0.2) is 53.3 Å². The van der Waals surface area contributed by atoms with Crippen LogP contribution in [0.3, 0.4) is 0 Å². The summed E-state index contributed by atoms with van der Waals surface area (Å²) in [6.07, 6.45) is -2.57. The van der Waals surface area contributed by atoms with Crippen LogP contribution in [0.15, 0.2) is 18.1 Å². The summed E-state index contributed by atoms with van der Waals surface area (Å²) in [6.45, 7) is 1.52. The summed E-state index contributed by atoms with van der Waals surface area (Å²) in [6, 6.07) is 0. The summed E-state index contributed by atoms with van der Waals surface area (Å²) in [5, 5.41) is 0. The van der Waals surface area contributed by atoms with Gasteiger partial charge in [0.25, 0.3) is 0 Å². The Morgan fingerprint density at radius 1 is 1.19 bits per heavy atom. The van der Waals surface area contributed by atoms with Crippen molar-refractivity contribution in [1.82, 2.24) is 14.9 Å². The van der Waals surface area contributed by atoms with Crippen LogP contribution in [0.1, 0.15) is 5.56 Å². The molecule has 0 unspecified atom stereocenters. The van der Waals surface area contributed by atoms with E-state index in [1.165, 1.54) is 0 Å². The number of hydrogen-bond donors (Lipinski definition) is 0. The van der Waals surface area contributed by atoms with E-state index in [1.54, 1.807) is 15.7 Å². The summed E-state index contributed by atoms with van der Waals surface area (Å²) in [7, 11) is 0. The SMILES string of the molecule is O=C=C(C=O)N1CCN(c2ncc(C(F)(F)F)cn2)CC1. The van der Waals surface area contributed by atoms with Gasteiger partial charge in [-0.15, -0.1) is 0 Å². The molecule has 9 heteroatoms. The molecule has 1 saturated heterocycles. The zero-order valence-corrected chi connectivity index (χ0v) is 10.8. The van der Waals surface area contributed by atoms with Gasteiger partial charge in [-0.1, -0.05) is 0 Å². The predicted octanol–water partition coefficient (Wildman–Crippen LogP) is 0.532. The third-order valence-electron chi connectivity index (χ3n) is 3.08. The summed E-state index contributed by atoms with van der Waals surface area (Å²) < 4.78 is 37.2. The average molecular weight is 300 g/mol. The maximum atomic E-state index is 12.4. The van der Waals surface area contributed by atoms with Crippen LogP contribution in [0.25, 0.3) is 0 Å². The molecule has 0 N–H and O–H groups in total. The van der Waals surface area contributed by atoms with Crippen molar-refractivity contribution in [1.29, 1.82) is 0 Å². The molecule has 0 aromatic carbocycles. The molecule has 0 bridgehead atoms. The maximum absolute atomic E-state index is 12.4. The first-order valence-electron chi connectivity index (χ1n) is 6.05. The Balaban J connectivity index is 2.02. The van der Waals surface area contributed by atoms with Gasteiger partial charge in [-0.05, 0) is 0 Å². The summed E-state index contributed by atoms with van der Waals surface area (Å²) >= 11 is 0. The fourth-order valence-electron chi connectivity index (χ4n) is 1.94. The number of carbonyl (C=O) groups excluding carboxylic acids is 2. The Bertz CT molecular complexity index is 559. The fraction of sp³-hybridized carbons (Fsp3) is 0.417. The minimum Gasteiger partial charge on any atom is -0.356 e. The molecule has 21 heavy (non-hydrogen) atoms. The van der Waals surface area contributed by atoms with Gasteiger partial charge in [-0.25, -0.2) is 14.8 Å². The van der Waals surface area contributed by atoms with E-state index in [9.17, 15) is 22.8 Å². The quantitative estimate of drug-likeness (QED) is 0.461. The summed E-state index contributed by atoms with van der Waals surface area (Å²) in [5.41, 5.74) is -0.972. The number of nitrogens with zero attached hydrogens (tertiary/aromatic N) is 4. The van der Waals surface area contributed by atoms with E-state index in [2.05, 4.69) is 9.97 Å². The molecule has 0 atom stereocenters. The smallest absolute Gasteiger partial charge is 0.356 e. The highest BCUT2D eigenvalue weighted by molar-refractivity contribution is 5.84. The van der Waals surface area contributed by atoms with E-state index in [0.29, 0.717) is 32.5 Å². The number of alkyl halides is 3. The van der Waals surface area contributed by atoms with Crippen molar-refractivity contribution in [3.05, 3.63) is 23.7 Å². The third-order valence-corrected chi connectivity index (χ3v) is 3.08. The van der Waals surface area contributed by atoms with Crippen LogP contribution in [0.5, 0.6) is 0 Å². The summed E-state index contributed by atoms with van der Waals surface area (Å²) in [5.74, 6) is 1.74. The van der Waals surface area contributed by atoms with Gasteiger partial charge in [0, 0.05) is 38.6 Å². The second-order valence-electron chi connectivity index (χ2n) is 4.35. The first kappa shape index (κ1) is 15.0. The second-order valence-corrected chi connectivity index (χ2v) is 4.35. The Kier molecular flexibility index (Phi) is 4.23. The molecule has 1 fully saturated rings. The Hall–Kier alpha value is -2.41. The zero-order chi connectivity index (χ0) is 15.5. The fourth-order valence-corrected chi connectivity index (χ4v) is 1.94. The largest absolute Gasteiger partial charge is 0.419 e. The van der Waals surface area contributed by atoms with E-state index in [4.69, 9.17) is 0 Å². The topological polar surface area (TPSA) is 66.4 Å². The van der Waals surface area contributed by atoms with Crippen LogP contribution < -0.4 is 4.90 Å². The van der Waals surface area contributed by atoms with Crippen LogP contribution in [0, 0.1) is 0 Å². The van der Waals surface area contributed by atoms with Gasteiger partial charge in [-0.2, -0.15) is 13.2 Å². The van der Waals surface area contributed by atoms with E-state index >= 15 is 0 Å². The molecule has 2 heterocycles. The Morgan fingerprint density at radius 3 is 2.19 bits per heavy atom. The Morgan fingerprint density at radius 2 is 1.76 bits per heavy atom. The van der Waals surface area contributed by atoms with Crippen LogP contribution in [0.4, 0.5) is 19.1 Å². The van der Waals surface area contributed by atoms with Gasteiger partial charge in [0.05, 0.1) is 5.56 Å². The molecule has 1 aromatic heterocycles. The summed E-state index contributed by atoms with van der Waals surface area (Å²) in [4.78, 5) is 31.8. The number of aromatic nitrogens is 2. The number of piperazine rings is 1. The second kappa shape index (κ2) is 5.92. The minimum absolute atomic E-state index is 0.0667. The molecule has 0 amide bonds. The van der Waals surface area contributed by atoms with Crippen molar-refractivity contribution >= 4 is 18.2 Å². The van der Waals surface area contributed by atoms with Crippen LogP contribution in [0.2, 0.25) is 0 Å². The number of anilines is 1. The number of carbonyl (C=O) groups is 1. The highest BCUT2D eigenvalue weighted by Gasteiger charge is 2.31. The molecule has 0 aliphatic carbocycles. The number of halogens is 3. The van der Waals surface area contributed by atoms with Crippen molar-refractivity contribution in [2.75, 3.05) is 31.1 Å². The lowest BCUT2D eigenvalue weighted by Crippen LogP contribution is -2.46. The predicted molar refractivity (Wildman–Crippen MR) is 66.1 cm³/mol. The molecule has 112 valence electrons. The lowest BCUT2D eigenvalue weighted by molar-refractivity contribution is -0.138. The molecular weight excluding hydrogens is 289 g/mol. The molecule has 0 saturated carbocycles. The number of rotatable bonds is 3. The Labute approximate surface area is 117 Å². The van der Waals surface area contributed by atoms with Crippen LogP contribution in [-0.2, 0) is 15.8 Å². The van der Waals surface area contributed by atoms with Crippen LogP contribution >= 0.6 is 0 Å². The molecule has 1 aliphatic rings. The molecule has 1 aromatic rings. The minimum atomic E-state index is -4.47. The normalized spacial score (nSPS) is 15.6. The average Bonchev–Trinajstić information content (AvgIpc) is 2.48. The molecule has 0 spiro atoms. The lowest BCUT2D eigenvalue weighted by Gasteiger charge is -2.34. The first-order valence-corrected chi connectivity index (χ1v) is 6.05. The monoisotopic (exact) mass is 300 g/mol. The number of allylic oxidation sites excluding steroid dienone is 1. The number of aldehydes is 1. The third kappa shape index (κ3) is 3.38. The number of hydrogen-bond acceptors (Lipinski definition) is 6. The van der Waals surface area contributed by atoms with E-state index in [0.717, 1.165) is 12.4 Å². The van der Waals surface area contributed by atoms with E-state index in [1.807, 2.05) is 0 Å². The van der Waals surface area contributed by atoms with Gasteiger partial charge in [0.2, 0.25) is 5.95 Å². The van der Waals surface area contributed by atoms with Gasteiger partial charge in [-0.3, -0.25) is 4.79 Å². The van der Waals surface area contributed by atoms with Crippen molar-refractivity contribution in [3.8, 4) is 0 Å². The zero-order valence-electron chi connectivity index (χ0n) is 10.8. The van der Waals surface area contributed by atoms with Gasteiger partial charge >= 0.3 is 6.18 Å². The van der Waals surface area contributed by atoms with Gasteiger partial charge < -0.3 is 9.80 Å². The lowest BCUT2D eigenvalue weighted by atomic mass is 10.3.